The van der Waals surface area contributed by atoms with E-state index in [9.17, 15) is 19.5 Å². The molecule has 3 aromatic rings. The molecule has 3 aromatic carbocycles. The van der Waals surface area contributed by atoms with Crippen LogP contribution in [-0.2, 0) is 22.4 Å². The molecule has 4 N–H and O–H groups in total. The quantitative estimate of drug-likeness (QED) is 0.304. The average molecular weight is 503 g/mol. The van der Waals surface area contributed by atoms with Crippen LogP contribution in [0.1, 0.15) is 21.5 Å². The van der Waals surface area contributed by atoms with Crippen molar-refractivity contribution in [3.63, 3.8) is 0 Å². The van der Waals surface area contributed by atoms with Crippen molar-refractivity contribution in [1.82, 2.24) is 15.5 Å². The first kappa shape index (κ1) is 27.6. The predicted molar refractivity (Wildman–Crippen MR) is 144 cm³/mol. The summed E-state index contributed by atoms with van der Waals surface area (Å²) in [6.45, 7) is 0.0191. The fourth-order valence-corrected chi connectivity index (χ4v) is 3.85. The van der Waals surface area contributed by atoms with Crippen LogP contribution in [0.5, 0.6) is 0 Å². The lowest BCUT2D eigenvalue weighted by atomic mass is 10.0. The summed E-state index contributed by atoms with van der Waals surface area (Å²) in [4.78, 5) is 40.0. The third-order valence-corrected chi connectivity index (χ3v) is 5.69. The summed E-state index contributed by atoms with van der Waals surface area (Å²) >= 11 is 0. The Balaban J connectivity index is 1.69. The standard InChI is InChI=1S/C29H34N4O4/c1-33(2)19-27(35)30-24-15-13-23(14-16-24)28(36)32-26(18-22-11-7-4-8-12-22)29(37)31-25(20-34)17-21-9-5-3-6-10-21/h3-16,25-26,34H,17-20H2,1-2H3,(H,30,35)(H,31,37)(H,32,36)/t25-,26-/m0/s1. The van der Waals surface area contributed by atoms with Gasteiger partial charge in [0.05, 0.1) is 19.2 Å². The summed E-state index contributed by atoms with van der Waals surface area (Å²) in [5.41, 5.74) is 2.82. The van der Waals surface area contributed by atoms with Gasteiger partial charge in [0, 0.05) is 17.7 Å². The number of aliphatic hydroxyl groups is 1. The molecule has 8 nitrogen and oxygen atoms in total. The molecular formula is C29H34N4O4. The highest BCUT2D eigenvalue weighted by molar-refractivity contribution is 5.98. The van der Waals surface area contributed by atoms with Crippen LogP contribution < -0.4 is 16.0 Å². The third-order valence-electron chi connectivity index (χ3n) is 5.69. The maximum absolute atomic E-state index is 13.2. The Bertz CT molecular complexity index is 1150. The van der Waals surface area contributed by atoms with Crippen molar-refractivity contribution in [2.24, 2.45) is 0 Å². The maximum atomic E-state index is 13.2. The van der Waals surface area contributed by atoms with Crippen LogP contribution in [0.4, 0.5) is 5.69 Å². The van der Waals surface area contributed by atoms with E-state index in [-0.39, 0.29) is 25.0 Å². The van der Waals surface area contributed by atoms with Gasteiger partial charge in [0.2, 0.25) is 11.8 Å². The Labute approximate surface area is 217 Å². The van der Waals surface area contributed by atoms with Crippen LogP contribution in [0.2, 0.25) is 0 Å². The summed E-state index contributed by atoms with van der Waals surface area (Å²) in [7, 11) is 3.61. The van der Waals surface area contributed by atoms with Crippen LogP contribution in [0.15, 0.2) is 84.9 Å². The van der Waals surface area contributed by atoms with E-state index < -0.39 is 18.0 Å². The van der Waals surface area contributed by atoms with Gasteiger partial charge in [0.25, 0.3) is 5.91 Å². The molecule has 8 heteroatoms. The van der Waals surface area contributed by atoms with Crippen LogP contribution >= 0.6 is 0 Å². The molecule has 0 bridgehead atoms. The SMILES string of the molecule is CN(C)CC(=O)Nc1ccc(C(=O)N[C@@H](Cc2ccccc2)C(=O)N[C@H](CO)Cc2ccccc2)cc1. The molecule has 3 amide bonds. The Hall–Kier alpha value is -4.01. The van der Waals surface area contributed by atoms with E-state index in [4.69, 9.17) is 0 Å². The van der Waals surface area contributed by atoms with Crippen molar-refractivity contribution in [3.8, 4) is 0 Å². The van der Waals surface area contributed by atoms with Crippen LogP contribution in [-0.4, -0.2) is 67.1 Å². The monoisotopic (exact) mass is 502 g/mol. The van der Waals surface area contributed by atoms with Gasteiger partial charge in [-0.05, 0) is 55.9 Å². The summed E-state index contributed by atoms with van der Waals surface area (Å²) in [6.07, 6.45) is 0.761. The third kappa shape index (κ3) is 9.18. The second-order valence-electron chi connectivity index (χ2n) is 9.16. The van der Waals surface area contributed by atoms with E-state index in [1.54, 1.807) is 43.3 Å². The number of hydrogen-bond acceptors (Lipinski definition) is 5. The highest BCUT2D eigenvalue weighted by Gasteiger charge is 2.24. The Morgan fingerprint density at radius 3 is 1.89 bits per heavy atom. The van der Waals surface area contributed by atoms with Crippen molar-refractivity contribution in [3.05, 3.63) is 102 Å². The fraction of sp³-hybridized carbons (Fsp3) is 0.276. The first-order valence-corrected chi connectivity index (χ1v) is 12.2. The van der Waals surface area contributed by atoms with E-state index in [2.05, 4.69) is 16.0 Å². The number of rotatable bonds is 12. The highest BCUT2D eigenvalue weighted by Crippen LogP contribution is 2.11. The number of aliphatic hydroxyl groups excluding tert-OH is 1. The molecule has 0 aliphatic heterocycles. The number of benzene rings is 3. The molecule has 0 unspecified atom stereocenters. The number of anilines is 1. The first-order valence-electron chi connectivity index (χ1n) is 12.2. The van der Waals surface area contributed by atoms with E-state index in [1.807, 2.05) is 60.7 Å². The molecular weight excluding hydrogens is 468 g/mol. The average Bonchev–Trinajstić information content (AvgIpc) is 2.89. The Morgan fingerprint density at radius 2 is 1.35 bits per heavy atom. The molecule has 0 saturated carbocycles. The summed E-state index contributed by atoms with van der Waals surface area (Å²) in [5, 5.41) is 18.4. The number of amides is 3. The zero-order chi connectivity index (χ0) is 26.6. The number of likely N-dealkylation sites (N-methyl/N-ethyl adjacent to an activating group) is 1. The molecule has 0 aliphatic carbocycles. The van der Waals surface area contributed by atoms with Crippen LogP contribution in [0.3, 0.4) is 0 Å². The van der Waals surface area contributed by atoms with Gasteiger partial charge in [-0.1, -0.05) is 60.7 Å². The molecule has 194 valence electrons. The van der Waals surface area contributed by atoms with E-state index >= 15 is 0 Å². The molecule has 0 radical (unpaired) electrons. The maximum Gasteiger partial charge on any atom is 0.251 e. The lowest BCUT2D eigenvalue weighted by Crippen LogP contribution is -2.52. The van der Waals surface area contributed by atoms with Crippen molar-refractivity contribution in [2.75, 3.05) is 32.6 Å². The number of nitrogens with zero attached hydrogens (tertiary/aromatic N) is 1. The molecule has 3 rings (SSSR count). The van der Waals surface area contributed by atoms with Crippen LogP contribution in [0.25, 0.3) is 0 Å². The summed E-state index contributed by atoms with van der Waals surface area (Å²) in [6, 6.07) is 24.2. The number of carbonyl (C=O) groups is 3. The van der Waals surface area contributed by atoms with Gasteiger partial charge < -0.3 is 26.0 Å². The number of nitrogens with one attached hydrogen (secondary N) is 3. The molecule has 0 spiro atoms. The number of carbonyl (C=O) groups excluding carboxylic acids is 3. The topological polar surface area (TPSA) is 111 Å². The van der Waals surface area contributed by atoms with E-state index in [0.717, 1.165) is 11.1 Å². The minimum atomic E-state index is -0.848. The molecule has 0 heterocycles. The van der Waals surface area contributed by atoms with Gasteiger partial charge in [-0.3, -0.25) is 14.4 Å². The zero-order valence-corrected chi connectivity index (χ0v) is 21.2. The van der Waals surface area contributed by atoms with Gasteiger partial charge in [-0.15, -0.1) is 0 Å². The molecule has 37 heavy (non-hydrogen) atoms. The molecule has 0 saturated heterocycles. The zero-order valence-electron chi connectivity index (χ0n) is 21.2. The largest absolute Gasteiger partial charge is 0.394 e. The van der Waals surface area contributed by atoms with Crippen molar-refractivity contribution in [2.45, 2.75) is 24.9 Å². The minimum absolute atomic E-state index is 0.157. The first-order chi connectivity index (χ1) is 17.8. The molecule has 0 aliphatic rings. The molecule has 2 atom stereocenters. The normalized spacial score (nSPS) is 12.4. The number of hydrogen-bond donors (Lipinski definition) is 4. The van der Waals surface area contributed by atoms with Gasteiger partial charge in [-0.2, -0.15) is 0 Å². The van der Waals surface area contributed by atoms with E-state index in [1.165, 1.54) is 0 Å². The molecule has 0 aromatic heterocycles. The highest BCUT2D eigenvalue weighted by atomic mass is 16.3. The summed E-state index contributed by atoms with van der Waals surface area (Å²) < 4.78 is 0. The van der Waals surface area contributed by atoms with Gasteiger partial charge in [0.15, 0.2) is 0 Å². The summed E-state index contributed by atoms with van der Waals surface area (Å²) in [5.74, 6) is -0.943. The fourth-order valence-electron chi connectivity index (χ4n) is 3.85. The van der Waals surface area contributed by atoms with Crippen LogP contribution in [0, 0.1) is 0 Å². The second kappa shape index (κ2) is 13.9. The van der Waals surface area contributed by atoms with Crippen molar-refractivity contribution >= 4 is 23.4 Å². The van der Waals surface area contributed by atoms with Crippen molar-refractivity contribution < 1.29 is 19.5 Å². The van der Waals surface area contributed by atoms with Gasteiger partial charge in [0.1, 0.15) is 6.04 Å². The van der Waals surface area contributed by atoms with Gasteiger partial charge in [-0.25, -0.2) is 0 Å². The lowest BCUT2D eigenvalue weighted by molar-refractivity contribution is -0.124. The van der Waals surface area contributed by atoms with Gasteiger partial charge >= 0.3 is 0 Å². The van der Waals surface area contributed by atoms with Crippen molar-refractivity contribution in [1.29, 1.82) is 0 Å². The Kier molecular flexibility index (Phi) is 10.4. The molecule has 0 fully saturated rings. The smallest absolute Gasteiger partial charge is 0.251 e. The second-order valence-corrected chi connectivity index (χ2v) is 9.16. The predicted octanol–water partition coefficient (Wildman–Crippen LogP) is 2.25. The minimum Gasteiger partial charge on any atom is -0.394 e. The van der Waals surface area contributed by atoms with E-state index in [0.29, 0.717) is 24.1 Å². The lowest BCUT2D eigenvalue weighted by Gasteiger charge is -2.23. The Morgan fingerprint density at radius 1 is 0.784 bits per heavy atom.